The molecule has 2 nitrogen and oxygen atoms in total. The summed E-state index contributed by atoms with van der Waals surface area (Å²) >= 11 is 1.68. The second kappa shape index (κ2) is 4.71. The van der Waals surface area contributed by atoms with Crippen LogP contribution in [0.5, 0.6) is 5.75 Å². The Kier molecular flexibility index (Phi) is 3.84. The fraction of sp³-hybridized carbons (Fsp3) is 0.455. The molecule has 1 rings (SSSR count). The van der Waals surface area contributed by atoms with Crippen molar-refractivity contribution < 1.29 is 9.84 Å². The van der Waals surface area contributed by atoms with Crippen LogP contribution in [0.15, 0.2) is 17.0 Å². The van der Waals surface area contributed by atoms with Crippen LogP contribution in [-0.2, 0) is 0 Å². The number of methoxy groups -OCH3 is 1. The molecule has 0 saturated heterocycles. The monoisotopic (exact) mass is 212 g/mol. The molecule has 14 heavy (non-hydrogen) atoms. The van der Waals surface area contributed by atoms with Gasteiger partial charge in [0.05, 0.1) is 13.2 Å². The van der Waals surface area contributed by atoms with E-state index >= 15 is 0 Å². The number of benzene rings is 1. The lowest BCUT2D eigenvalue weighted by Crippen LogP contribution is -1.98. The molecule has 1 N–H and O–H groups in total. The molecule has 0 spiro atoms. The molecule has 1 aromatic carbocycles. The summed E-state index contributed by atoms with van der Waals surface area (Å²) in [6, 6.07) is 3.96. The summed E-state index contributed by atoms with van der Waals surface area (Å²) in [6.45, 7) is 3.79. The highest BCUT2D eigenvalue weighted by Crippen LogP contribution is 2.32. The molecule has 1 atom stereocenters. The maximum atomic E-state index is 9.56. The third kappa shape index (κ3) is 2.22. The van der Waals surface area contributed by atoms with Gasteiger partial charge in [0.15, 0.2) is 0 Å². The summed E-state index contributed by atoms with van der Waals surface area (Å²) in [6.07, 6.45) is 1.54. The molecule has 0 aliphatic heterocycles. The number of aryl methyl sites for hydroxylation is 1. The molecule has 0 radical (unpaired) electrons. The third-order valence-corrected chi connectivity index (χ3v) is 3.08. The van der Waals surface area contributed by atoms with E-state index < -0.39 is 6.10 Å². The Morgan fingerprint density at radius 1 is 1.43 bits per heavy atom. The van der Waals surface area contributed by atoms with Crippen LogP contribution in [-0.4, -0.2) is 18.5 Å². The van der Waals surface area contributed by atoms with Gasteiger partial charge in [-0.25, -0.2) is 0 Å². The number of rotatable bonds is 3. The van der Waals surface area contributed by atoms with Gasteiger partial charge in [0.2, 0.25) is 0 Å². The zero-order valence-corrected chi connectivity index (χ0v) is 9.81. The summed E-state index contributed by atoms with van der Waals surface area (Å²) < 4.78 is 5.22. The largest absolute Gasteiger partial charge is 0.496 e. The van der Waals surface area contributed by atoms with Gasteiger partial charge in [0, 0.05) is 10.5 Å². The normalized spacial score (nSPS) is 12.6. The van der Waals surface area contributed by atoms with Crippen molar-refractivity contribution in [2.45, 2.75) is 24.8 Å². The lowest BCUT2D eigenvalue weighted by atomic mass is 10.1. The van der Waals surface area contributed by atoms with E-state index in [0.29, 0.717) is 0 Å². The summed E-state index contributed by atoms with van der Waals surface area (Å²) in [7, 11) is 1.62. The molecule has 0 saturated carbocycles. The molecule has 0 fully saturated rings. The first kappa shape index (κ1) is 11.4. The molecule has 0 aromatic heterocycles. The van der Waals surface area contributed by atoms with Crippen molar-refractivity contribution in [2.75, 3.05) is 13.4 Å². The fourth-order valence-electron chi connectivity index (χ4n) is 1.40. The van der Waals surface area contributed by atoms with Gasteiger partial charge < -0.3 is 9.84 Å². The Bertz CT molecular complexity index is 321. The first-order chi connectivity index (χ1) is 6.60. The van der Waals surface area contributed by atoms with Gasteiger partial charge in [-0.05, 0) is 37.8 Å². The zero-order valence-electron chi connectivity index (χ0n) is 9.00. The van der Waals surface area contributed by atoms with Gasteiger partial charge in [0.1, 0.15) is 5.75 Å². The summed E-state index contributed by atoms with van der Waals surface area (Å²) in [4.78, 5) is 1.18. The summed E-state index contributed by atoms with van der Waals surface area (Å²) in [5, 5.41) is 9.56. The standard InChI is InChI=1S/C11H16O2S/c1-7-5-10(13-3)9(8(2)12)6-11(7)14-4/h5-6,8,12H,1-4H3. The molecular formula is C11H16O2S. The SMILES string of the molecule is COc1cc(C)c(SC)cc1C(C)O. The highest BCUT2D eigenvalue weighted by atomic mass is 32.2. The van der Waals surface area contributed by atoms with Crippen molar-refractivity contribution >= 4 is 11.8 Å². The van der Waals surface area contributed by atoms with Gasteiger partial charge in [-0.2, -0.15) is 0 Å². The smallest absolute Gasteiger partial charge is 0.124 e. The van der Waals surface area contributed by atoms with Crippen molar-refractivity contribution in [3.8, 4) is 5.75 Å². The molecule has 3 heteroatoms. The molecule has 78 valence electrons. The predicted octanol–water partition coefficient (Wildman–Crippen LogP) is 2.78. The number of ether oxygens (including phenoxy) is 1. The van der Waals surface area contributed by atoms with Crippen molar-refractivity contribution in [3.63, 3.8) is 0 Å². The van der Waals surface area contributed by atoms with Crippen molar-refractivity contribution in [2.24, 2.45) is 0 Å². The van der Waals surface area contributed by atoms with Crippen LogP contribution in [0, 0.1) is 6.92 Å². The van der Waals surface area contributed by atoms with Crippen LogP contribution in [0.1, 0.15) is 24.2 Å². The van der Waals surface area contributed by atoms with Crippen molar-refractivity contribution in [1.82, 2.24) is 0 Å². The molecular weight excluding hydrogens is 196 g/mol. The number of aliphatic hydroxyl groups excluding tert-OH is 1. The van der Waals surface area contributed by atoms with Crippen molar-refractivity contribution in [1.29, 1.82) is 0 Å². The highest BCUT2D eigenvalue weighted by Gasteiger charge is 2.11. The van der Waals surface area contributed by atoms with Gasteiger partial charge in [0.25, 0.3) is 0 Å². The Morgan fingerprint density at radius 2 is 2.07 bits per heavy atom. The second-order valence-corrected chi connectivity index (χ2v) is 4.09. The lowest BCUT2D eigenvalue weighted by molar-refractivity contribution is 0.194. The number of hydrogen-bond acceptors (Lipinski definition) is 3. The van der Waals surface area contributed by atoms with E-state index in [2.05, 4.69) is 0 Å². The third-order valence-electron chi connectivity index (χ3n) is 2.20. The van der Waals surface area contributed by atoms with E-state index in [-0.39, 0.29) is 0 Å². The summed E-state index contributed by atoms with van der Waals surface area (Å²) in [5.74, 6) is 0.760. The van der Waals surface area contributed by atoms with Gasteiger partial charge in [-0.1, -0.05) is 0 Å². The minimum Gasteiger partial charge on any atom is -0.496 e. The Labute approximate surface area is 89.3 Å². The first-order valence-corrected chi connectivity index (χ1v) is 5.73. The average molecular weight is 212 g/mol. The first-order valence-electron chi connectivity index (χ1n) is 4.50. The zero-order chi connectivity index (χ0) is 10.7. The number of hydrogen-bond donors (Lipinski definition) is 1. The predicted molar refractivity (Wildman–Crippen MR) is 60.1 cm³/mol. The maximum Gasteiger partial charge on any atom is 0.124 e. The van der Waals surface area contributed by atoms with Crippen LogP contribution in [0.25, 0.3) is 0 Å². The van der Waals surface area contributed by atoms with E-state index in [1.165, 1.54) is 10.5 Å². The minimum atomic E-state index is -0.489. The molecule has 0 aliphatic carbocycles. The van der Waals surface area contributed by atoms with Crippen LogP contribution >= 0.6 is 11.8 Å². The van der Waals surface area contributed by atoms with Crippen molar-refractivity contribution in [3.05, 3.63) is 23.3 Å². The maximum absolute atomic E-state index is 9.56. The van der Waals surface area contributed by atoms with E-state index in [4.69, 9.17) is 4.74 Å². The number of thioether (sulfide) groups is 1. The molecule has 0 heterocycles. The van der Waals surface area contributed by atoms with E-state index in [1.807, 2.05) is 25.3 Å². The Balaban J connectivity index is 3.25. The fourth-order valence-corrected chi connectivity index (χ4v) is 2.03. The van der Waals surface area contributed by atoms with E-state index in [1.54, 1.807) is 25.8 Å². The summed E-state index contributed by atoms with van der Waals surface area (Å²) in [5.41, 5.74) is 2.03. The Morgan fingerprint density at radius 3 is 2.50 bits per heavy atom. The van der Waals surface area contributed by atoms with E-state index in [9.17, 15) is 5.11 Å². The second-order valence-electron chi connectivity index (χ2n) is 3.24. The van der Waals surface area contributed by atoms with Crippen LogP contribution in [0.4, 0.5) is 0 Å². The Hall–Kier alpha value is -0.670. The van der Waals surface area contributed by atoms with Crippen LogP contribution < -0.4 is 4.74 Å². The van der Waals surface area contributed by atoms with E-state index in [0.717, 1.165) is 11.3 Å². The average Bonchev–Trinajstić information content (AvgIpc) is 2.16. The lowest BCUT2D eigenvalue weighted by Gasteiger charge is -2.14. The van der Waals surface area contributed by atoms with Gasteiger partial charge in [-0.3, -0.25) is 0 Å². The number of aliphatic hydroxyl groups is 1. The minimum absolute atomic E-state index is 0.489. The highest BCUT2D eigenvalue weighted by molar-refractivity contribution is 7.98. The molecule has 0 aliphatic rings. The molecule has 0 bridgehead atoms. The van der Waals surface area contributed by atoms with Gasteiger partial charge in [-0.15, -0.1) is 11.8 Å². The molecule has 1 aromatic rings. The van der Waals surface area contributed by atoms with Crippen LogP contribution in [0.2, 0.25) is 0 Å². The molecule has 1 unspecified atom stereocenters. The molecule has 0 amide bonds. The quantitative estimate of drug-likeness (QED) is 0.781. The van der Waals surface area contributed by atoms with Crippen LogP contribution in [0.3, 0.4) is 0 Å². The topological polar surface area (TPSA) is 29.5 Å². The van der Waals surface area contributed by atoms with Gasteiger partial charge >= 0.3 is 0 Å².